The van der Waals surface area contributed by atoms with Gasteiger partial charge in [0.1, 0.15) is 5.75 Å². The molecule has 29 heteroatoms. The van der Waals surface area contributed by atoms with E-state index in [9.17, 15) is 53.1 Å². The van der Waals surface area contributed by atoms with Crippen molar-refractivity contribution < 1.29 is 34.2 Å². The highest BCUT2D eigenvalue weighted by molar-refractivity contribution is 5.91. The summed E-state index contributed by atoms with van der Waals surface area (Å²) in [5.74, 6) is -0.386. The monoisotopic (exact) mass is 1910 g/mol. The van der Waals surface area contributed by atoms with E-state index in [1.165, 1.54) is 59.3 Å². The number of fused-ring (bicyclic) bond motifs is 15. The number of aromatic amines is 5. The molecule has 0 unspecified atom stereocenters. The predicted molar refractivity (Wildman–Crippen MR) is 554 cm³/mol. The Bertz CT molecular complexity index is 7210. The summed E-state index contributed by atoms with van der Waals surface area (Å²) in [6.45, 7) is 23.0. The van der Waals surface area contributed by atoms with Crippen LogP contribution >= 0.6 is 0 Å². The Morgan fingerprint density at radius 1 is 0.317 bits per heavy atom. The molecule has 0 saturated carbocycles. The van der Waals surface area contributed by atoms with Crippen LogP contribution in [-0.4, -0.2) is 251 Å². The summed E-state index contributed by atoms with van der Waals surface area (Å²) >= 11 is 0. The van der Waals surface area contributed by atoms with Gasteiger partial charge in [0.2, 0.25) is 23.6 Å². The first-order valence-electron chi connectivity index (χ1n) is 50.0. The first kappa shape index (κ1) is 98.1. The number of hydrogen-bond acceptors (Lipinski definition) is 19. The number of carboxylic acid groups (broad SMARTS) is 1. The zero-order chi connectivity index (χ0) is 98.1. The number of aromatic carboxylic acids is 1. The van der Waals surface area contributed by atoms with Crippen LogP contribution in [0.5, 0.6) is 5.75 Å². The number of carbonyl (C=O) groups excluding carboxylic acids is 4. The van der Waals surface area contributed by atoms with Gasteiger partial charge in [-0.1, -0.05) is 176 Å². The van der Waals surface area contributed by atoms with Crippen molar-refractivity contribution in [2.24, 2.45) is 5.73 Å². The molecule has 0 spiro atoms. The highest BCUT2D eigenvalue weighted by Crippen LogP contribution is 2.32. The average Bonchev–Trinajstić information content (AvgIpc) is 0.888. The summed E-state index contributed by atoms with van der Waals surface area (Å²) in [5, 5.41) is 30.5. The maximum atomic E-state index is 13.0. The number of piperazine rings is 2. The second-order valence-corrected chi connectivity index (χ2v) is 38.4. The number of nitrogens with two attached hydrogens (primary N) is 1. The molecule has 0 radical (unpaired) electrons. The van der Waals surface area contributed by atoms with Crippen LogP contribution < -0.4 is 38.8 Å². The molecule has 0 aliphatic carbocycles. The van der Waals surface area contributed by atoms with E-state index in [0.29, 0.717) is 109 Å². The molecule has 13 heterocycles. The van der Waals surface area contributed by atoms with Gasteiger partial charge in [-0.05, 0) is 196 Å². The number of benzene rings is 9. The largest absolute Gasteiger partial charge is 0.508 e. The fraction of sp³-hybridized carbons (Fsp3) is 0.345. The van der Waals surface area contributed by atoms with Gasteiger partial charge in [-0.15, -0.1) is 0 Å². The summed E-state index contributed by atoms with van der Waals surface area (Å²) in [4.78, 5) is 161. The molecule has 8 aliphatic heterocycles. The molecule has 14 aromatic rings. The highest BCUT2D eigenvalue weighted by Gasteiger charge is 2.33. The Kier molecular flexibility index (Phi) is 31.8. The topological polar surface area (TPSA) is 361 Å². The minimum absolute atomic E-state index is 0.0518. The molecule has 10 N–H and O–H groups in total. The summed E-state index contributed by atoms with van der Waals surface area (Å²) in [6, 6.07) is 72.6. The summed E-state index contributed by atoms with van der Waals surface area (Å²) < 4.78 is 0. The number of hydrogen-bond donors (Lipinski definition) is 9. The zero-order valence-corrected chi connectivity index (χ0v) is 80.4. The van der Waals surface area contributed by atoms with Crippen molar-refractivity contribution in [3.63, 3.8) is 0 Å². The lowest BCUT2D eigenvalue weighted by molar-refractivity contribution is -0.134. The average molecular weight is 1910 g/mol. The number of H-pyrrole nitrogens is 5. The predicted octanol–water partition coefficient (Wildman–Crippen LogP) is 10.8. The van der Waals surface area contributed by atoms with Crippen LogP contribution in [0.3, 0.4) is 0 Å². The fourth-order valence-corrected chi connectivity index (χ4v) is 21.3. The Labute approximate surface area is 823 Å². The lowest BCUT2D eigenvalue weighted by atomic mass is 9.97. The molecule has 22 rings (SSSR count). The summed E-state index contributed by atoms with van der Waals surface area (Å²) in [7, 11) is 0. The van der Waals surface area contributed by atoms with Gasteiger partial charge in [0.05, 0.1) is 44.3 Å². The van der Waals surface area contributed by atoms with Gasteiger partial charge in [-0.2, -0.15) is 0 Å². The van der Waals surface area contributed by atoms with E-state index >= 15 is 0 Å². The van der Waals surface area contributed by atoms with Gasteiger partial charge in [0.25, 0.3) is 27.8 Å². The molecule has 8 aliphatic rings. The summed E-state index contributed by atoms with van der Waals surface area (Å²) in [5.41, 5.74) is 20.8. The van der Waals surface area contributed by atoms with Gasteiger partial charge >= 0.3 is 5.97 Å². The third-order valence-electron chi connectivity index (χ3n) is 29.0. The van der Waals surface area contributed by atoms with E-state index in [0.717, 1.165) is 217 Å². The Morgan fingerprint density at radius 3 is 1.09 bits per heavy atom. The van der Waals surface area contributed by atoms with E-state index in [4.69, 9.17) is 10.8 Å². The second-order valence-electron chi connectivity index (χ2n) is 38.4. The number of carboxylic acids is 1. The van der Waals surface area contributed by atoms with Crippen molar-refractivity contribution >= 4 is 83.5 Å². The number of carbonyl (C=O) groups is 5. The fourth-order valence-electron chi connectivity index (χ4n) is 21.3. The number of nitrogens with one attached hydrogen (secondary N) is 6. The minimum atomic E-state index is -0.915. The lowest BCUT2D eigenvalue weighted by Crippen LogP contribution is -2.50. The third-order valence-corrected chi connectivity index (χ3v) is 29.0. The summed E-state index contributed by atoms with van der Waals surface area (Å²) in [6.07, 6.45) is 7.98. The Morgan fingerprint density at radius 2 is 0.662 bits per heavy atom. The second kappa shape index (κ2) is 46.1. The Balaban J connectivity index is 0.000000117. The molecule has 1 atom stereocenters. The van der Waals surface area contributed by atoms with Crippen molar-refractivity contribution in [2.45, 2.75) is 123 Å². The minimum Gasteiger partial charge on any atom is -0.508 e. The van der Waals surface area contributed by atoms with Gasteiger partial charge < -0.3 is 75.6 Å². The molecule has 5 aromatic heterocycles. The third kappa shape index (κ3) is 24.0. The van der Waals surface area contributed by atoms with Gasteiger partial charge in [-0.3, -0.25) is 62.8 Å². The number of likely N-dealkylation sites (tertiary alicyclic amines) is 1. The maximum Gasteiger partial charge on any atom is 0.335 e. The lowest BCUT2D eigenvalue weighted by Gasteiger charge is -2.36. The van der Waals surface area contributed by atoms with E-state index in [1.54, 1.807) is 47.4 Å². The molecular weight excluding hydrogens is 1790 g/mol. The van der Waals surface area contributed by atoms with Crippen LogP contribution in [0, 0.1) is 0 Å². The van der Waals surface area contributed by atoms with E-state index in [2.05, 4.69) is 114 Å². The van der Waals surface area contributed by atoms with Crippen LogP contribution in [0.1, 0.15) is 115 Å². The standard InChI is InChI=1S/C26H30N4O2.C25H28N4O2.C21H28N4O2.C21H21N3O3.C20H18N2O3/c31-25(11-12-28-14-16-29(17-15-28)18-20-6-2-1-3-7-20)30-13-10-22-21-8-4-5-9-23(21)26(32)27-24(22)19-30;30-24(18-28-14-12-27(13-15-28)16-19-6-2-1-3-7-19)29-11-10-21-20-8-4-5-9-22(20)25(31)26-23(21)17-29;26-20(7-9-22-10-14-24-11-3-4-12-24)25-13-8-17-16-5-1-2-6-18(16)21(27)23-19(17)15-25;22-18(11-13-5-7-14(25)8-6-13)21(27)24-10-9-16-15-3-1-2-4-17(15)20(26)23-19(16)12-24;23-19-17-7-2-1-6-15(17)16-8-9-22(12-18(16)21-19)11-13-4-3-5-14(10-13)20(24)25/h1-9H,10-19H2,(H,27,32);1-9H,10-18H2,(H,26,31);1-2,5-6,22H,3-4,7-15H2,(H,23,27);1-8,18,25H,9-12,22H2,(H,23,26);1-7,10H,8-9,11-12H2,(H,21,23)(H,24,25)/t;;;18-;/m...0./s1. The molecule has 142 heavy (non-hydrogen) atoms. The molecule has 734 valence electrons. The SMILES string of the molecule is N[C@@H](Cc1ccc(O)cc1)C(=O)N1CCc2c([nH]c(=O)c3ccccc23)C1.O=C(CCN1CCN(Cc2ccccc2)CC1)N1CCc2c([nH]c(=O)c3ccccc23)C1.O=C(CCNCCN1CCCC1)N1CCc2c([nH]c(=O)c3ccccc23)C1.O=C(CN1CCN(Cc2ccccc2)CC1)N1CCc2c([nH]c(=O)c3ccccc23)C1.O=C(O)c1cccc(CN2CCc3c([nH]c(=O)c4ccccc34)C2)c1. The first-order valence-corrected chi connectivity index (χ1v) is 50.0. The van der Waals surface area contributed by atoms with Crippen LogP contribution in [0.2, 0.25) is 0 Å². The van der Waals surface area contributed by atoms with Crippen LogP contribution in [-0.2, 0) is 110 Å². The molecule has 9 aromatic carbocycles. The van der Waals surface area contributed by atoms with E-state index < -0.39 is 12.0 Å². The van der Waals surface area contributed by atoms with Crippen LogP contribution in [0.15, 0.2) is 254 Å². The highest BCUT2D eigenvalue weighted by atomic mass is 16.4. The molecule has 3 saturated heterocycles. The zero-order valence-electron chi connectivity index (χ0n) is 80.4. The van der Waals surface area contributed by atoms with Crippen molar-refractivity contribution in [3.8, 4) is 5.75 Å². The van der Waals surface area contributed by atoms with Crippen LogP contribution in [0.25, 0.3) is 53.9 Å². The number of aromatic nitrogens is 5. The Hall–Kier alpha value is -14.1. The number of phenolic OH excluding ortho intramolecular Hbond substituents is 1. The molecule has 29 nitrogen and oxygen atoms in total. The van der Waals surface area contributed by atoms with Crippen molar-refractivity contribution in [2.75, 3.05) is 131 Å². The van der Waals surface area contributed by atoms with Crippen LogP contribution in [0.4, 0.5) is 0 Å². The van der Waals surface area contributed by atoms with E-state index in [-0.39, 0.29) is 57.2 Å². The molecular formula is C113H125N17O12. The number of rotatable bonds is 21. The number of phenols is 1. The first-order chi connectivity index (χ1) is 69.2. The van der Waals surface area contributed by atoms with Crippen molar-refractivity contribution in [1.29, 1.82) is 0 Å². The quantitative estimate of drug-likeness (QED) is 0.0302. The van der Waals surface area contributed by atoms with E-state index in [1.807, 2.05) is 148 Å². The normalized spacial score (nSPS) is 16.4. The number of amides is 4. The molecule has 0 bridgehead atoms. The van der Waals surface area contributed by atoms with Gasteiger partial charge in [-0.25, -0.2) is 4.79 Å². The molecule has 3 fully saturated rings. The van der Waals surface area contributed by atoms with Crippen molar-refractivity contribution in [3.05, 3.63) is 366 Å². The maximum absolute atomic E-state index is 13.0. The number of pyridine rings is 5. The van der Waals surface area contributed by atoms with Gasteiger partial charge in [0, 0.05) is 206 Å². The smallest absolute Gasteiger partial charge is 0.335 e. The molecule has 4 amide bonds. The number of aromatic hydroxyl groups is 1. The van der Waals surface area contributed by atoms with Gasteiger partial charge in [0.15, 0.2) is 0 Å². The van der Waals surface area contributed by atoms with Crippen molar-refractivity contribution in [1.82, 2.24) is 79.2 Å². The number of nitrogens with zero attached hydrogens (tertiary/aromatic N) is 10.